The summed E-state index contributed by atoms with van der Waals surface area (Å²) >= 11 is 0. The lowest BCUT2D eigenvalue weighted by Crippen LogP contribution is -2.04. The summed E-state index contributed by atoms with van der Waals surface area (Å²) < 4.78 is 0. The van der Waals surface area contributed by atoms with E-state index >= 15 is 0 Å². The minimum atomic E-state index is -1.06. The van der Waals surface area contributed by atoms with E-state index in [9.17, 15) is 9.90 Å². The maximum Gasteiger partial charge on any atom is 0.382 e. The van der Waals surface area contributed by atoms with E-state index in [1.807, 2.05) is 13.8 Å². The Morgan fingerprint density at radius 1 is 1.44 bits per heavy atom. The molecule has 2 heteroatoms. The van der Waals surface area contributed by atoms with Gasteiger partial charge in [-0.05, 0) is 12.8 Å². The molecule has 2 nitrogen and oxygen atoms in total. The number of hydrogen-bond donors (Lipinski definition) is 0. The molecular formula is C7H11O2. The van der Waals surface area contributed by atoms with Crippen molar-refractivity contribution >= 4 is 5.97 Å². The van der Waals surface area contributed by atoms with Gasteiger partial charge >= 0.3 is 5.97 Å². The summed E-state index contributed by atoms with van der Waals surface area (Å²) in [6.07, 6.45) is 1.57. The van der Waals surface area contributed by atoms with E-state index in [2.05, 4.69) is 0 Å². The molecule has 0 aromatic carbocycles. The Morgan fingerprint density at radius 2 is 1.89 bits per heavy atom. The van der Waals surface area contributed by atoms with Gasteiger partial charge in [0.05, 0.1) is 0 Å². The van der Waals surface area contributed by atoms with E-state index in [-0.39, 0.29) is 5.92 Å². The summed E-state index contributed by atoms with van der Waals surface area (Å²) in [7, 11) is 0. The molecule has 0 saturated carbocycles. The zero-order chi connectivity index (χ0) is 7.44. The Morgan fingerprint density at radius 3 is 1.89 bits per heavy atom. The predicted octanol–water partition coefficient (Wildman–Crippen LogP) is 1.55. The van der Waals surface area contributed by atoms with Crippen molar-refractivity contribution in [2.24, 2.45) is 5.92 Å². The first-order valence-corrected chi connectivity index (χ1v) is 2.97. The van der Waals surface area contributed by atoms with Gasteiger partial charge in [0.15, 0.2) is 0 Å². The first kappa shape index (κ1) is 8.21. The molecule has 0 spiro atoms. The van der Waals surface area contributed by atoms with Crippen molar-refractivity contribution in [3.05, 3.63) is 11.6 Å². The monoisotopic (exact) mass is 127 g/mol. The Kier molecular flexibility index (Phi) is 2.99. The summed E-state index contributed by atoms with van der Waals surface area (Å²) in [6, 6.07) is 0. The quantitative estimate of drug-likeness (QED) is 0.518. The highest BCUT2D eigenvalue weighted by molar-refractivity contribution is 5.86. The fourth-order valence-corrected chi connectivity index (χ4v) is 0.687. The van der Waals surface area contributed by atoms with Crippen molar-refractivity contribution in [2.75, 3.05) is 0 Å². The van der Waals surface area contributed by atoms with Crippen molar-refractivity contribution in [1.82, 2.24) is 0 Å². The molecule has 0 rings (SSSR count). The van der Waals surface area contributed by atoms with Crippen LogP contribution in [0.2, 0.25) is 0 Å². The van der Waals surface area contributed by atoms with Crippen molar-refractivity contribution in [1.29, 1.82) is 0 Å². The van der Waals surface area contributed by atoms with Crippen molar-refractivity contribution in [3.63, 3.8) is 0 Å². The smallest absolute Gasteiger partial charge is 0.242 e. The maximum absolute atomic E-state index is 10.2. The van der Waals surface area contributed by atoms with Gasteiger partial charge in [0.25, 0.3) is 0 Å². The highest BCUT2D eigenvalue weighted by atomic mass is 16.4. The van der Waals surface area contributed by atoms with E-state index in [4.69, 9.17) is 0 Å². The summed E-state index contributed by atoms with van der Waals surface area (Å²) in [5.41, 5.74) is 0.370. The van der Waals surface area contributed by atoms with Crippen LogP contribution >= 0.6 is 0 Å². The minimum absolute atomic E-state index is 0.0556. The summed E-state index contributed by atoms with van der Waals surface area (Å²) in [5.74, 6) is -1.01. The van der Waals surface area contributed by atoms with Crippen LogP contribution in [0.3, 0.4) is 0 Å². The van der Waals surface area contributed by atoms with Gasteiger partial charge in [-0.15, -0.1) is 0 Å². The Hall–Kier alpha value is -0.790. The molecule has 0 aromatic heterocycles. The largest absolute Gasteiger partial charge is 0.382 e. The van der Waals surface area contributed by atoms with Gasteiger partial charge in [0.1, 0.15) is 0 Å². The van der Waals surface area contributed by atoms with Gasteiger partial charge in [-0.3, -0.25) is 0 Å². The van der Waals surface area contributed by atoms with Gasteiger partial charge in [0.2, 0.25) is 0 Å². The topological polar surface area (TPSA) is 37.0 Å². The van der Waals surface area contributed by atoms with Crippen LogP contribution in [0.25, 0.3) is 0 Å². The maximum atomic E-state index is 10.2. The van der Waals surface area contributed by atoms with Crippen LogP contribution < -0.4 is 0 Å². The van der Waals surface area contributed by atoms with E-state index in [0.29, 0.717) is 5.57 Å². The van der Waals surface area contributed by atoms with Gasteiger partial charge in [-0.25, -0.2) is 9.90 Å². The Balaban J connectivity index is 4.19. The molecule has 0 atom stereocenters. The second-order valence-electron chi connectivity index (χ2n) is 2.19. The molecule has 0 saturated heterocycles. The third-order valence-corrected chi connectivity index (χ3v) is 1.17. The number of allylic oxidation sites excluding steroid dienone is 1. The van der Waals surface area contributed by atoms with E-state index < -0.39 is 5.97 Å². The third kappa shape index (κ3) is 2.31. The molecule has 9 heavy (non-hydrogen) atoms. The molecule has 0 bridgehead atoms. The fraction of sp³-hybridized carbons (Fsp3) is 0.571. The second kappa shape index (κ2) is 3.28. The van der Waals surface area contributed by atoms with Gasteiger partial charge in [0, 0.05) is 5.57 Å². The molecule has 0 unspecified atom stereocenters. The fourth-order valence-electron chi connectivity index (χ4n) is 0.687. The van der Waals surface area contributed by atoms with Crippen LogP contribution in [-0.4, -0.2) is 5.97 Å². The van der Waals surface area contributed by atoms with Gasteiger partial charge < -0.3 is 0 Å². The second-order valence-corrected chi connectivity index (χ2v) is 2.19. The summed E-state index contributed by atoms with van der Waals surface area (Å²) in [5, 5.41) is 10.2. The van der Waals surface area contributed by atoms with Crippen molar-refractivity contribution in [2.45, 2.75) is 20.8 Å². The first-order valence-electron chi connectivity index (χ1n) is 2.97. The average molecular weight is 127 g/mol. The lowest BCUT2D eigenvalue weighted by molar-refractivity contribution is -0.139. The van der Waals surface area contributed by atoms with Crippen LogP contribution in [0.1, 0.15) is 20.8 Å². The van der Waals surface area contributed by atoms with Crippen LogP contribution in [0, 0.1) is 5.92 Å². The van der Waals surface area contributed by atoms with Crippen LogP contribution in [0.5, 0.6) is 0 Å². The first-order chi connectivity index (χ1) is 4.09. The van der Waals surface area contributed by atoms with E-state index in [0.717, 1.165) is 0 Å². The Bertz CT molecular complexity index is 134. The molecule has 0 aliphatic heterocycles. The number of carbonyl (C=O) groups is 1. The molecule has 0 aliphatic rings. The normalized spacial score (nSPS) is 12.2. The van der Waals surface area contributed by atoms with E-state index in [1.54, 1.807) is 13.0 Å². The molecule has 0 amide bonds. The van der Waals surface area contributed by atoms with Gasteiger partial charge in [-0.1, -0.05) is 19.9 Å². The van der Waals surface area contributed by atoms with E-state index in [1.165, 1.54) is 0 Å². The highest BCUT2D eigenvalue weighted by Crippen LogP contribution is 2.08. The van der Waals surface area contributed by atoms with Gasteiger partial charge in [-0.2, -0.15) is 0 Å². The van der Waals surface area contributed by atoms with Crippen molar-refractivity contribution in [3.8, 4) is 0 Å². The zero-order valence-corrected chi connectivity index (χ0v) is 5.97. The molecule has 0 heterocycles. The molecule has 51 valence electrons. The molecule has 0 fully saturated rings. The van der Waals surface area contributed by atoms with Crippen LogP contribution in [0.15, 0.2) is 11.6 Å². The number of hydrogen-bond acceptors (Lipinski definition) is 1. The lowest BCUT2D eigenvalue weighted by Gasteiger charge is -2.00. The third-order valence-electron chi connectivity index (χ3n) is 1.17. The lowest BCUT2D eigenvalue weighted by atomic mass is 10.0. The van der Waals surface area contributed by atoms with Crippen LogP contribution in [-0.2, 0) is 9.90 Å². The zero-order valence-electron chi connectivity index (χ0n) is 5.97. The predicted molar refractivity (Wildman–Crippen MR) is 34.3 cm³/mol. The standard InChI is InChI=1S/C7H11O2/c1-4-6(5(2)3)7(8)9/h4-5H,1-3H3. The minimum Gasteiger partial charge on any atom is -0.242 e. The molecular weight excluding hydrogens is 116 g/mol. The Labute approximate surface area is 55.2 Å². The van der Waals surface area contributed by atoms with Crippen molar-refractivity contribution < 1.29 is 9.90 Å². The number of rotatable bonds is 2. The molecule has 0 aromatic rings. The molecule has 0 aliphatic carbocycles. The number of carbonyl (C=O) groups excluding carboxylic acids is 1. The summed E-state index contributed by atoms with van der Waals surface area (Å²) in [6.45, 7) is 5.35. The molecule has 0 N–H and O–H groups in total. The highest BCUT2D eigenvalue weighted by Gasteiger charge is 2.10. The SMILES string of the molecule is CC=C(C([O])=O)C(C)C. The summed E-state index contributed by atoms with van der Waals surface area (Å²) in [4.78, 5) is 10.2. The average Bonchev–Trinajstić information content (AvgIpc) is 1.64. The van der Waals surface area contributed by atoms with Crippen LogP contribution in [0.4, 0.5) is 0 Å². The molecule has 1 radical (unpaired) electrons.